The van der Waals surface area contributed by atoms with Gasteiger partial charge in [0.15, 0.2) is 6.10 Å². The number of carbonyl (C=O) groups is 2. The third-order valence-corrected chi connectivity index (χ3v) is 2.51. The van der Waals surface area contributed by atoms with Gasteiger partial charge in [-0.3, -0.25) is 10.1 Å². The standard InChI is InChI=1S/C11H10ClNO6/c1-6(10(14)18-2)19-11(15)8-4-3-7(13(16)17)5-9(8)12/h3-6H,1-2H3/t6-/m0/s1. The fraction of sp³-hybridized carbons (Fsp3) is 0.273. The number of nitro groups is 1. The molecular weight excluding hydrogens is 278 g/mol. The van der Waals surface area contributed by atoms with Crippen LogP contribution in [-0.4, -0.2) is 30.1 Å². The zero-order chi connectivity index (χ0) is 14.6. The van der Waals surface area contributed by atoms with Gasteiger partial charge in [-0.1, -0.05) is 11.6 Å². The van der Waals surface area contributed by atoms with E-state index in [9.17, 15) is 19.7 Å². The molecule has 19 heavy (non-hydrogen) atoms. The fourth-order valence-corrected chi connectivity index (χ4v) is 1.47. The molecule has 8 heteroatoms. The molecule has 0 aliphatic carbocycles. The summed E-state index contributed by atoms with van der Waals surface area (Å²) in [5, 5.41) is 10.4. The average Bonchev–Trinajstić information content (AvgIpc) is 2.37. The maximum atomic E-state index is 11.7. The van der Waals surface area contributed by atoms with E-state index in [1.165, 1.54) is 6.92 Å². The van der Waals surface area contributed by atoms with Crippen LogP contribution >= 0.6 is 11.6 Å². The highest BCUT2D eigenvalue weighted by atomic mass is 35.5. The first-order valence-electron chi connectivity index (χ1n) is 5.09. The Morgan fingerprint density at radius 1 is 1.42 bits per heavy atom. The summed E-state index contributed by atoms with van der Waals surface area (Å²) in [5.74, 6) is -1.58. The molecule has 0 amide bonds. The minimum absolute atomic E-state index is 0.0666. The molecule has 0 saturated heterocycles. The molecule has 1 aromatic rings. The number of benzene rings is 1. The van der Waals surface area contributed by atoms with Gasteiger partial charge in [0, 0.05) is 12.1 Å². The Kier molecular flexibility index (Phi) is 4.82. The van der Waals surface area contributed by atoms with Crippen molar-refractivity contribution in [3.63, 3.8) is 0 Å². The van der Waals surface area contributed by atoms with Gasteiger partial charge in [-0.25, -0.2) is 9.59 Å². The van der Waals surface area contributed by atoms with Crippen molar-refractivity contribution in [2.24, 2.45) is 0 Å². The lowest BCUT2D eigenvalue weighted by Crippen LogP contribution is -2.25. The molecule has 102 valence electrons. The van der Waals surface area contributed by atoms with E-state index in [1.807, 2.05) is 0 Å². The lowest BCUT2D eigenvalue weighted by atomic mass is 10.2. The maximum Gasteiger partial charge on any atom is 0.346 e. The zero-order valence-electron chi connectivity index (χ0n) is 10.1. The van der Waals surface area contributed by atoms with Crippen LogP contribution in [0.2, 0.25) is 5.02 Å². The molecule has 0 unspecified atom stereocenters. The maximum absolute atomic E-state index is 11.7. The molecule has 0 aliphatic rings. The van der Waals surface area contributed by atoms with Crippen LogP contribution in [0.15, 0.2) is 18.2 Å². The van der Waals surface area contributed by atoms with Crippen LogP contribution in [0.25, 0.3) is 0 Å². The molecule has 0 aromatic heterocycles. The topological polar surface area (TPSA) is 95.7 Å². The first-order chi connectivity index (χ1) is 8.86. The van der Waals surface area contributed by atoms with E-state index in [-0.39, 0.29) is 16.3 Å². The number of hydrogen-bond donors (Lipinski definition) is 0. The van der Waals surface area contributed by atoms with Gasteiger partial charge >= 0.3 is 11.9 Å². The number of methoxy groups -OCH3 is 1. The van der Waals surface area contributed by atoms with Crippen molar-refractivity contribution >= 4 is 29.2 Å². The zero-order valence-corrected chi connectivity index (χ0v) is 10.8. The summed E-state index contributed by atoms with van der Waals surface area (Å²) in [5.41, 5.74) is -0.314. The first kappa shape index (κ1) is 14.9. The monoisotopic (exact) mass is 287 g/mol. The number of rotatable bonds is 4. The summed E-state index contributed by atoms with van der Waals surface area (Å²) in [4.78, 5) is 32.6. The summed E-state index contributed by atoms with van der Waals surface area (Å²) >= 11 is 5.74. The predicted molar refractivity (Wildman–Crippen MR) is 65.0 cm³/mol. The number of ether oxygens (including phenoxy) is 2. The Hall–Kier alpha value is -2.15. The van der Waals surface area contributed by atoms with Crippen molar-refractivity contribution in [1.82, 2.24) is 0 Å². The highest BCUT2D eigenvalue weighted by molar-refractivity contribution is 6.33. The molecule has 1 aromatic carbocycles. The van der Waals surface area contributed by atoms with E-state index < -0.39 is 23.0 Å². The SMILES string of the molecule is COC(=O)[C@H](C)OC(=O)c1ccc([N+](=O)[O-])cc1Cl. The number of carbonyl (C=O) groups excluding carboxylic acids is 2. The van der Waals surface area contributed by atoms with Gasteiger partial charge in [0.1, 0.15) is 0 Å². The third-order valence-electron chi connectivity index (χ3n) is 2.20. The molecule has 7 nitrogen and oxygen atoms in total. The van der Waals surface area contributed by atoms with Crippen LogP contribution < -0.4 is 0 Å². The lowest BCUT2D eigenvalue weighted by molar-refractivity contribution is -0.384. The van der Waals surface area contributed by atoms with Gasteiger partial charge in [0.05, 0.1) is 22.6 Å². The summed E-state index contributed by atoms with van der Waals surface area (Å²) in [7, 11) is 1.16. The van der Waals surface area contributed by atoms with Gasteiger partial charge in [0.2, 0.25) is 0 Å². The molecule has 0 radical (unpaired) electrons. The molecule has 0 saturated carbocycles. The third kappa shape index (κ3) is 3.65. The Morgan fingerprint density at radius 2 is 2.05 bits per heavy atom. The molecule has 1 atom stereocenters. The second-order valence-corrected chi connectivity index (χ2v) is 3.90. The quantitative estimate of drug-likeness (QED) is 0.477. The van der Waals surface area contributed by atoms with E-state index >= 15 is 0 Å². The van der Waals surface area contributed by atoms with Crippen LogP contribution in [0, 0.1) is 10.1 Å². The Labute approximate surface area is 113 Å². The molecule has 0 aliphatic heterocycles. The number of non-ortho nitro benzene ring substituents is 1. The second kappa shape index (κ2) is 6.14. The van der Waals surface area contributed by atoms with Gasteiger partial charge < -0.3 is 9.47 Å². The summed E-state index contributed by atoms with van der Waals surface area (Å²) in [6.07, 6.45) is -1.09. The van der Waals surface area contributed by atoms with Gasteiger partial charge in [0.25, 0.3) is 5.69 Å². The molecule has 0 N–H and O–H groups in total. The van der Waals surface area contributed by atoms with Crippen LogP contribution in [0.3, 0.4) is 0 Å². The number of nitrogens with zero attached hydrogens (tertiary/aromatic N) is 1. The van der Waals surface area contributed by atoms with Crippen LogP contribution in [0.4, 0.5) is 5.69 Å². The van der Waals surface area contributed by atoms with Crippen LogP contribution in [-0.2, 0) is 14.3 Å². The largest absolute Gasteiger partial charge is 0.466 e. The average molecular weight is 288 g/mol. The van der Waals surface area contributed by atoms with E-state index in [4.69, 9.17) is 16.3 Å². The minimum Gasteiger partial charge on any atom is -0.466 e. The van der Waals surface area contributed by atoms with Crippen molar-refractivity contribution in [3.05, 3.63) is 38.9 Å². The Bertz CT molecular complexity index is 530. The highest BCUT2D eigenvalue weighted by Gasteiger charge is 2.22. The Balaban J connectivity index is 2.89. The number of halogens is 1. The lowest BCUT2D eigenvalue weighted by Gasteiger charge is -2.11. The number of hydrogen-bond acceptors (Lipinski definition) is 6. The van der Waals surface area contributed by atoms with Crippen LogP contribution in [0.5, 0.6) is 0 Å². The van der Waals surface area contributed by atoms with Gasteiger partial charge in [-0.15, -0.1) is 0 Å². The van der Waals surface area contributed by atoms with Crippen molar-refractivity contribution in [2.75, 3.05) is 7.11 Å². The number of esters is 2. The minimum atomic E-state index is -1.09. The van der Waals surface area contributed by atoms with E-state index in [0.717, 1.165) is 25.3 Å². The first-order valence-corrected chi connectivity index (χ1v) is 5.47. The number of nitro benzene ring substituents is 1. The normalized spacial score (nSPS) is 11.5. The summed E-state index contributed by atoms with van der Waals surface area (Å²) in [6.45, 7) is 1.34. The molecule has 0 spiro atoms. The molecular formula is C11H10ClNO6. The van der Waals surface area contributed by atoms with Crippen LogP contribution in [0.1, 0.15) is 17.3 Å². The molecule has 1 rings (SSSR count). The van der Waals surface area contributed by atoms with Gasteiger partial charge in [-0.05, 0) is 13.0 Å². The van der Waals surface area contributed by atoms with Crippen molar-refractivity contribution in [2.45, 2.75) is 13.0 Å². The highest BCUT2D eigenvalue weighted by Crippen LogP contribution is 2.23. The fourth-order valence-electron chi connectivity index (χ4n) is 1.22. The molecule has 0 heterocycles. The molecule has 0 bridgehead atoms. The predicted octanol–water partition coefficient (Wildman–Crippen LogP) is 1.97. The van der Waals surface area contributed by atoms with Crippen molar-refractivity contribution in [3.8, 4) is 0 Å². The van der Waals surface area contributed by atoms with E-state index in [2.05, 4.69) is 4.74 Å². The second-order valence-electron chi connectivity index (χ2n) is 3.49. The van der Waals surface area contributed by atoms with Gasteiger partial charge in [-0.2, -0.15) is 0 Å². The summed E-state index contributed by atoms with van der Waals surface area (Å²) in [6, 6.07) is 3.30. The van der Waals surface area contributed by atoms with E-state index in [0.29, 0.717) is 0 Å². The van der Waals surface area contributed by atoms with E-state index in [1.54, 1.807) is 0 Å². The van der Waals surface area contributed by atoms with Crippen molar-refractivity contribution in [1.29, 1.82) is 0 Å². The van der Waals surface area contributed by atoms with Crippen molar-refractivity contribution < 1.29 is 24.0 Å². The smallest absolute Gasteiger partial charge is 0.346 e. The Morgan fingerprint density at radius 3 is 2.53 bits per heavy atom. The molecule has 0 fully saturated rings. The summed E-state index contributed by atoms with van der Waals surface area (Å²) < 4.78 is 9.19.